The normalized spacial score (nSPS) is 11.4. The summed E-state index contributed by atoms with van der Waals surface area (Å²) < 4.78 is 5.23. The van der Waals surface area contributed by atoms with Crippen LogP contribution in [0.5, 0.6) is 5.75 Å². The molecule has 2 rings (SSSR count). The lowest BCUT2D eigenvalue weighted by molar-refractivity contribution is -0.117. The molecule has 0 aliphatic rings. The Kier molecular flexibility index (Phi) is 5.36. The monoisotopic (exact) mass is 312 g/mol. The highest BCUT2D eigenvalue weighted by Gasteiger charge is 2.18. The Hall–Kier alpha value is -2.82. The molecule has 2 amide bonds. The van der Waals surface area contributed by atoms with Gasteiger partial charge in [0.2, 0.25) is 5.91 Å². The van der Waals surface area contributed by atoms with Crippen molar-refractivity contribution in [2.24, 2.45) is 0 Å². The molecule has 1 atom stereocenters. The Morgan fingerprint density at radius 3 is 2.43 bits per heavy atom. The second kappa shape index (κ2) is 7.45. The first kappa shape index (κ1) is 16.5. The molecule has 2 aromatic rings. The predicted octanol–water partition coefficient (Wildman–Crippen LogP) is 2.76. The number of aryl methyl sites for hydroxylation is 1. The highest BCUT2D eigenvalue weighted by Crippen LogP contribution is 2.25. The van der Waals surface area contributed by atoms with Crippen molar-refractivity contribution >= 4 is 17.5 Å². The molecule has 0 radical (unpaired) electrons. The Morgan fingerprint density at radius 1 is 1.09 bits per heavy atom. The van der Waals surface area contributed by atoms with Crippen LogP contribution in [0.3, 0.4) is 0 Å². The zero-order valence-corrected chi connectivity index (χ0v) is 13.4. The highest BCUT2D eigenvalue weighted by atomic mass is 16.5. The van der Waals surface area contributed by atoms with Gasteiger partial charge in [-0.15, -0.1) is 0 Å². The van der Waals surface area contributed by atoms with E-state index in [0.29, 0.717) is 17.0 Å². The zero-order valence-electron chi connectivity index (χ0n) is 13.4. The van der Waals surface area contributed by atoms with Crippen LogP contribution in [0.15, 0.2) is 48.5 Å². The fourth-order valence-corrected chi connectivity index (χ4v) is 2.10. The minimum Gasteiger partial charge on any atom is -0.495 e. The molecular weight excluding hydrogens is 292 g/mol. The molecule has 0 saturated carbocycles. The number of ether oxygens (including phenoxy) is 1. The Labute approximate surface area is 135 Å². The molecule has 0 bridgehead atoms. The van der Waals surface area contributed by atoms with Gasteiger partial charge in [-0.3, -0.25) is 9.59 Å². The van der Waals surface area contributed by atoms with E-state index in [2.05, 4.69) is 10.6 Å². The van der Waals surface area contributed by atoms with Gasteiger partial charge in [-0.2, -0.15) is 0 Å². The van der Waals surface area contributed by atoms with E-state index >= 15 is 0 Å². The quantitative estimate of drug-likeness (QED) is 0.892. The molecule has 2 N–H and O–H groups in total. The highest BCUT2D eigenvalue weighted by molar-refractivity contribution is 6.01. The summed E-state index contributed by atoms with van der Waals surface area (Å²) in [7, 11) is 1.54. The summed E-state index contributed by atoms with van der Waals surface area (Å²) in [6, 6.07) is 13.6. The molecule has 0 heterocycles. The third-order valence-electron chi connectivity index (χ3n) is 3.39. The van der Waals surface area contributed by atoms with E-state index in [1.165, 1.54) is 0 Å². The van der Waals surface area contributed by atoms with Crippen molar-refractivity contribution in [3.8, 4) is 5.75 Å². The molecule has 0 fully saturated rings. The number of anilines is 1. The molecule has 2 aromatic carbocycles. The molecule has 5 heteroatoms. The van der Waals surface area contributed by atoms with Crippen LogP contribution in [0, 0.1) is 6.92 Å². The molecule has 0 unspecified atom stereocenters. The van der Waals surface area contributed by atoms with Crippen molar-refractivity contribution in [3.63, 3.8) is 0 Å². The van der Waals surface area contributed by atoms with Gasteiger partial charge in [0.05, 0.1) is 12.8 Å². The lowest BCUT2D eigenvalue weighted by atomic mass is 10.2. The average molecular weight is 312 g/mol. The summed E-state index contributed by atoms with van der Waals surface area (Å²) in [6.45, 7) is 3.56. The fraction of sp³-hybridized carbons (Fsp3) is 0.222. The predicted molar refractivity (Wildman–Crippen MR) is 89.7 cm³/mol. The molecule has 0 aliphatic carbocycles. The summed E-state index contributed by atoms with van der Waals surface area (Å²) >= 11 is 0. The van der Waals surface area contributed by atoms with Crippen LogP contribution in [0.4, 0.5) is 5.69 Å². The van der Waals surface area contributed by atoms with Crippen LogP contribution in [-0.4, -0.2) is 25.0 Å². The minimum atomic E-state index is -0.673. The van der Waals surface area contributed by atoms with E-state index in [1.807, 2.05) is 25.1 Å². The first-order valence-corrected chi connectivity index (χ1v) is 7.32. The maximum atomic E-state index is 12.3. The molecule has 23 heavy (non-hydrogen) atoms. The maximum absolute atomic E-state index is 12.3. The van der Waals surface area contributed by atoms with E-state index in [9.17, 15) is 9.59 Å². The van der Waals surface area contributed by atoms with Crippen LogP contribution in [0.1, 0.15) is 22.8 Å². The van der Waals surface area contributed by atoms with Crippen molar-refractivity contribution in [2.75, 3.05) is 12.4 Å². The molecular formula is C18H20N2O3. The number of amides is 2. The smallest absolute Gasteiger partial charge is 0.251 e. The van der Waals surface area contributed by atoms with Gasteiger partial charge in [0.25, 0.3) is 5.91 Å². The van der Waals surface area contributed by atoms with Gasteiger partial charge in [0, 0.05) is 5.56 Å². The Balaban J connectivity index is 2.03. The summed E-state index contributed by atoms with van der Waals surface area (Å²) in [5.41, 5.74) is 2.10. The second-order valence-corrected chi connectivity index (χ2v) is 5.25. The topological polar surface area (TPSA) is 67.4 Å². The summed E-state index contributed by atoms with van der Waals surface area (Å²) in [6.07, 6.45) is 0. The SMILES string of the molecule is COc1ccc(C)cc1NC(=O)[C@H](C)NC(=O)c1ccccc1. The Morgan fingerprint density at radius 2 is 1.78 bits per heavy atom. The van der Waals surface area contributed by atoms with Crippen molar-refractivity contribution in [1.29, 1.82) is 0 Å². The van der Waals surface area contributed by atoms with Gasteiger partial charge in [-0.1, -0.05) is 24.3 Å². The van der Waals surface area contributed by atoms with Crippen molar-refractivity contribution in [1.82, 2.24) is 5.32 Å². The lowest BCUT2D eigenvalue weighted by Crippen LogP contribution is -2.41. The van der Waals surface area contributed by atoms with E-state index < -0.39 is 6.04 Å². The van der Waals surface area contributed by atoms with E-state index in [1.54, 1.807) is 44.4 Å². The summed E-state index contributed by atoms with van der Waals surface area (Å²) in [5.74, 6) is -0.0202. The number of nitrogens with one attached hydrogen (secondary N) is 2. The van der Waals surface area contributed by atoms with E-state index in [-0.39, 0.29) is 11.8 Å². The average Bonchev–Trinajstić information content (AvgIpc) is 2.55. The number of benzene rings is 2. The molecule has 5 nitrogen and oxygen atoms in total. The van der Waals surface area contributed by atoms with Crippen molar-refractivity contribution in [2.45, 2.75) is 19.9 Å². The van der Waals surface area contributed by atoms with Gasteiger partial charge in [0.15, 0.2) is 0 Å². The first-order valence-electron chi connectivity index (χ1n) is 7.32. The standard InChI is InChI=1S/C18H20N2O3/c1-12-9-10-16(23-3)15(11-12)20-17(21)13(2)19-18(22)14-7-5-4-6-8-14/h4-11,13H,1-3H3,(H,19,22)(H,20,21)/t13-/m0/s1. The van der Waals surface area contributed by atoms with Crippen LogP contribution in [0.25, 0.3) is 0 Å². The van der Waals surface area contributed by atoms with Crippen molar-refractivity contribution in [3.05, 3.63) is 59.7 Å². The van der Waals surface area contributed by atoms with Gasteiger partial charge in [-0.05, 0) is 43.7 Å². The number of carbonyl (C=O) groups excluding carboxylic acids is 2. The number of rotatable bonds is 5. The zero-order chi connectivity index (χ0) is 16.8. The van der Waals surface area contributed by atoms with Crippen LogP contribution >= 0.6 is 0 Å². The lowest BCUT2D eigenvalue weighted by Gasteiger charge is -2.16. The third-order valence-corrected chi connectivity index (χ3v) is 3.39. The fourth-order valence-electron chi connectivity index (χ4n) is 2.10. The second-order valence-electron chi connectivity index (χ2n) is 5.25. The van der Waals surface area contributed by atoms with Crippen molar-refractivity contribution < 1.29 is 14.3 Å². The Bertz CT molecular complexity index is 699. The van der Waals surface area contributed by atoms with E-state index in [4.69, 9.17) is 4.74 Å². The molecule has 0 saturated heterocycles. The number of methoxy groups -OCH3 is 1. The number of hydrogen-bond donors (Lipinski definition) is 2. The maximum Gasteiger partial charge on any atom is 0.251 e. The molecule has 0 aliphatic heterocycles. The van der Waals surface area contributed by atoms with E-state index in [0.717, 1.165) is 5.56 Å². The molecule has 0 aromatic heterocycles. The third kappa shape index (κ3) is 4.32. The molecule has 120 valence electrons. The van der Waals surface area contributed by atoms with Crippen LogP contribution in [-0.2, 0) is 4.79 Å². The largest absolute Gasteiger partial charge is 0.495 e. The van der Waals surface area contributed by atoms with Gasteiger partial charge >= 0.3 is 0 Å². The summed E-state index contributed by atoms with van der Waals surface area (Å²) in [5, 5.41) is 5.46. The summed E-state index contributed by atoms with van der Waals surface area (Å²) in [4.78, 5) is 24.4. The number of hydrogen-bond acceptors (Lipinski definition) is 3. The minimum absolute atomic E-state index is 0.288. The van der Waals surface area contributed by atoms with Crippen LogP contribution in [0.2, 0.25) is 0 Å². The van der Waals surface area contributed by atoms with Gasteiger partial charge < -0.3 is 15.4 Å². The van der Waals surface area contributed by atoms with Gasteiger partial charge in [-0.25, -0.2) is 0 Å². The van der Waals surface area contributed by atoms with Crippen LogP contribution < -0.4 is 15.4 Å². The van der Waals surface area contributed by atoms with Gasteiger partial charge in [0.1, 0.15) is 11.8 Å². The first-order chi connectivity index (χ1) is 11.0. The number of carbonyl (C=O) groups is 2. The molecule has 0 spiro atoms.